The van der Waals surface area contributed by atoms with Crippen LogP contribution in [-0.4, -0.2) is 0 Å². The molecule has 1 aromatic rings. The van der Waals surface area contributed by atoms with Gasteiger partial charge in [0, 0.05) is 4.90 Å². The largest absolute Gasteiger partial charge is 0.274 e. The minimum absolute atomic E-state index is 1.20. The Morgan fingerprint density at radius 3 is 1.91 bits per heavy atom. The van der Waals surface area contributed by atoms with Crippen molar-refractivity contribution in [1.29, 1.82) is 0 Å². The van der Waals surface area contributed by atoms with Crippen molar-refractivity contribution in [2.24, 2.45) is 5.14 Å². The van der Waals surface area contributed by atoms with Crippen molar-refractivity contribution in [2.45, 2.75) is 25.7 Å². The van der Waals surface area contributed by atoms with E-state index in [9.17, 15) is 0 Å². The lowest BCUT2D eigenvalue weighted by Crippen LogP contribution is -1.90. The van der Waals surface area contributed by atoms with E-state index in [4.69, 9.17) is 5.14 Å². The molecule has 0 heterocycles. The number of hydrogen-bond acceptors (Lipinski definition) is 2. The molecule has 2 heteroatoms. The summed E-state index contributed by atoms with van der Waals surface area (Å²) >= 11 is 1.33. The summed E-state index contributed by atoms with van der Waals surface area (Å²) in [6.07, 6.45) is 0. The van der Waals surface area contributed by atoms with Crippen LogP contribution in [0.5, 0.6) is 0 Å². The van der Waals surface area contributed by atoms with Crippen LogP contribution in [0, 0.1) is 20.8 Å². The van der Waals surface area contributed by atoms with E-state index >= 15 is 0 Å². The standard InChI is InChI=1S/C9H13NS/c1-6-4-7(2)9(11-10)8(3)5-6/h4-5H,10H2,1-3H3. The van der Waals surface area contributed by atoms with Gasteiger partial charge in [0.15, 0.2) is 0 Å². The van der Waals surface area contributed by atoms with Crippen LogP contribution in [0.3, 0.4) is 0 Å². The maximum atomic E-state index is 5.52. The molecule has 2 N–H and O–H groups in total. The van der Waals surface area contributed by atoms with E-state index in [0.717, 1.165) is 0 Å². The van der Waals surface area contributed by atoms with E-state index in [-0.39, 0.29) is 0 Å². The summed E-state index contributed by atoms with van der Waals surface area (Å²) in [5.41, 5.74) is 3.85. The van der Waals surface area contributed by atoms with Crippen LogP contribution < -0.4 is 5.14 Å². The lowest BCUT2D eigenvalue weighted by atomic mass is 10.1. The third kappa shape index (κ3) is 1.76. The van der Waals surface area contributed by atoms with Crippen LogP contribution in [-0.2, 0) is 0 Å². The van der Waals surface area contributed by atoms with Crippen LogP contribution in [0.1, 0.15) is 16.7 Å². The molecule has 60 valence electrons. The summed E-state index contributed by atoms with van der Waals surface area (Å²) in [5, 5.41) is 5.52. The summed E-state index contributed by atoms with van der Waals surface area (Å²) in [6, 6.07) is 4.31. The number of benzene rings is 1. The summed E-state index contributed by atoms with van der Waals surface area (Å²) < 4.78 is 0. The minimum atomic E-state index is 1.20. The summed E-state index contributed by atoms with van der Waals surface area (Å²) in [5.74, 6) is 0. The van der Waals surface area contributed by atoms with E-state index in [2.05, 4.69) is 32.9 Å². The fourth-order valence-corrected chi connectivity index (χ4v) is 1.84. The molecule has 0 saturated heterocycles. The molecule has 0 aliphatic heterocycles. The third-order valence-electron chi connectivity index (χ3n) is 1.72. The molecule has 0 spiro atoms. The molecular weight excluding hydrogens is 154 g/mol. The van der Waals surface area contributed by atoms with Gasteiger partial charge in [-0.1, -0.05) is 17.7 Å². The second-order valence-corrected chi connectivity index (χ2v) is 3.49. The van der Waals surface area contributed by atoms with Crippen LogP contribution >= 0.6 is 11.9 Å². The van der Waals surface area contributed by atoms with Gasteiger partial charge in [0.2, 0.25) is 0 Å². The molecule has 0 aromatic heterocycles. The molecule has 0 fully saturated rings. The lowest BCUT2D eigenvalue weighted by Gasteiger charge is -2.06. The van der Waals surface area contributed by atoms with Gasteiger partial charge in [-0.15, -0.1) is 0 Å². The first-order chi connectivity index (χ1) is 5.15. The molecule has 0 aliphatic rings. The van der Waals surface area contributed by atoms with Gasteiger partial charge in [0.05, 0.1) is 0 Å². The van der Waals surface area contributed by atoms with E-state index in [1.807, 2.05) is 0 Å². The van der Waals surface area contributed by atoms with E-state index in [1.54, 1.807) is 0 Å². The Morgan fingerprint density at radius 1 is 1.09 bits per heavy atom. The Bertz CT molecular complexity index is 245. The maximum absolute atomic E-state index is 5.52. The Kier molecular flexibility index (Phi) is 2.58. The predicted molar refractivity (Wildman–Crippen MR) is 50.7 cm³/mol. The second kappa shape index (κ2) is 3.28. The van der Waals surface area contributed by atoms with E-state index in [1.165, 1.54) is 33.5 Å². The molecule has 1 rings (SSSR count). The highest BCUT2D eigenvalue weighted by Gasteiger charge is 2.01. The van der Waals surface area contributed by atoms with Crippen LogP contribution in [0.4, 0.5) is 0 Å². The number of aryl methyl sites for hydroxylation is 3. The minimum Gasteiger partial charge on any atom is -0.274 e. The van der Waals surface area contributed by atoms with Gasteiger partial charge in [0.25, 0.3) is 0 Å². The van der Waals surface area contributed by atoms with Gasteiger partial charge in [0.1, 0.15) is 0 Å². The van der Waals surface area contributed by atoms with Gasteiger partial charge in [-0.05, 0) is 43.8 Å². The fraction of sp³-hybridized carbons (Fsp3) is 0.333. The lowest BCUT2D eigenvalue weighted by molar-refractivity contribution is 1.19. The quantitative estimate of drug-likeness (QED) is 0.650. The molecule has 0 amide bonds. The molecule has 11 heavy (non-hydrogen) atoms. The number of rotatable bonds is 1. The average Bonchev–Trinajstić information content (AvgIpc) is 1.85. The van der Waals surface area contributed by atoms with Crippen molar-refractivity contribution in [3.05, 3.63) is 28.8 Å². The monoisotopic (exact) mass is 167 g/mol. The SMILES string of the molecule is Cc1cc(C)c(SN)c(C)c1. The molecule has 0 saturated carbocycles. The maximum Gasteiger partial charge on any atom is 0.0284 e. The zero-order chi connectivity index (χ0) is 8.43. The van der Waals surface area contributed by atoms with Crippen LogP contribution in [0.25, 0.3) is 0 Å². The van der Waals surface area contributed by atoms with Crippen molar-refractivity contribution < 1.29 is 0 Å². The van der Waals surface area contributed by atoms with Gasteiger partial charge in [-0.2, -0.15) is 0 Å². The zero-order valence-corrected chi connectivity index (χ0v) is 7.96. The van der Waals surface area contributed by atoms with Gasteiger partial charge >= 0.3 is 0 Å². The molecular formula is C9H13NS. The molecule has 1 nitrogen and oxygen atoms in total. The summed E-state index contributed by atoms with van der Waals surface area (Å²) in [7, 11) is 0. The smallest absolute Gasteiger partial charge is 0.0284 e. The van der Waals surface area contributed by atoms with Crippen molar-refractivity contribution in [3.63, 3.8) is 0 Å². The first kappa shape index (κ1) is 8.62. The summed E-state index contributed by atoms with van der Waals surface area (Å²) in [6.45, 7) is 6.29. The average molecular weight is 167 g/mol. The Labute approximate surface area is 72.1 Å². The van der Waals surface area contributed by atoms with Crippen LogP contribution in [0.15, 0.2) is 17.0 Å². The van der Waals surface area contributed by atoms with E-state index < -0.39 is 0 Å². The molecule has 0 bridgehead atoms. The van der Waals surface area contributed by atoms with Crippen molar-refractivity contribution in [1.82, 2.24) is 0 Å². The van der Waals surface area contributed by atoms with Gasteiger partial charge < -0.3 is 0 Å². The highest BCUT2D eigenvalue weighted by atomic mass is 32.2. The highest BCUT2D eigenvalue weighted by Crippen LogP contribution is 2.23. The van der Waals surface area contributed by atoms with Crippen molar-refractivity contribution >= 4 is 11.9 Å². The normalized spacial score (nSPS) is 10.2. The molecule has 0 aliphatic carbocycles. The molecule has 1 aromatic carbocycles. The number of nitrogens with two attached hydrogens (primary N) is 1. The zero-order valence-electron chi connectivity index (χ0n) is 7.14. The molecule has 0 atom stereocenters. The Morgan fingerprint density at radius 2 is 1.55 bits per heavy atom. The fourth-order valence-electron chi connectivity index (χ4n) is 1.35. The topological polar surface area (TPSA) is 26.0 Å². The highest BCUT2D eigenvalue weighted by molar-refractivity contribution is 7.97. The second-order valence-electron chi connectivity index (χ2n) is 2.85. The van der Waals surface area contributed by atoms with Gasteiger partial charge in [-0.25, -0.2) is 0 Å². The molecule has 0 unspecified atom stereocenters. The Hall–Kier alpha value is -0.470. The first-order valence-electron chi connectivity index (χ1n) is 3.59. The summed E-state index contributed by atoms with van der Waals surface area (Å²) in [4.78, 5) is 1.20. The van der Waals surface area contributed by atoms with Crippen LogP contribution in [0.2, 0.25) is 0 Å². The van der Waals surface area contributed by atoms with Gasteiger partial charge in [-0.3, -0.25) is 5.14 Å². The van der Waals surface area contributed by atoms with E-state index in [0.29, 0.717) is 0 Å². The van der Waals surface area contributed by atoms with Crippen molar-refractivity contribution in [3.8, 4) is 0 Å². The Balaban J connectivity index is 3.25. The predicted octanol–water partition coefficient (Wildman–Crippen LogP) is 2.58. The number of hydrogen-bond donors (Lipinski definition) is 1. The third-order valence-corrected chi connectivity index (χ3v) is 2.60. The van der Waals surface area contributed by atoms with Crippen molar-refractivity contribution in [2.75, 3.05) is 0 Å². The molecule has 0 radical (unpaired) electrons. The first-order valence-corrected chi connectivity index (χ1v) is 4.47.